The predicted octanol–water partition coefficient (Wildman–Crippen LogP) is 2.65. The van der Waals surface area contributed by atoms with Crippen LogP contribution >= 0.6 is 0 Å². The minimum Gasteiger partial charge on any atom is -0.464 e. The number of likely N-dealkylation sites (tertiary alicyclic amines) is 1. The van der Waals surface area contributed by atoms with Gasteiger partial charge in [0, 0.05) is 17.6 Å². The first-order valence-electron chi connectivity index (χ1n) is 6.31. The first kappa shape index (κ1) is 10.7. The third-order valence-corrected chi connectivity index (χ3v) is 3.57. The number of hydrogen-bond acceptors (Lipinski definition) is 3. The molecule has 2 aromatic rings. The van der Waals surface area contributed by atoms with Crippen LogP contribution in [0, 0.1) is 0 Å². The standard InChI is InChI=1S/C14H18N2O/c15-12-3-4-14-13(9-12)11(10-17-14)5-8-16-6-1-2-7-16/h3-4,9-10H,1-2,5-8,15H2. The number of fused-ring (bicyclic) bond motifs is 1. The van der Waals surface area contributed by atoms with Gasteiger partial charge in [-0.05, 0) is 56.1 Å². The Morgan fingerprint density at radius 1 is 1.24 bits per heavy atom. The summed E-state index contributed by atoms with van der Waals surface area (Å²) in [4.78, 5) is 2.52. The fourth-order valence-corrected chi connectivity index (χ4v) is 2.58. The van der Waals surface area contributed by atoms with Gasteiger partial charge in [0.05, 0.1) is 6.26 Å². The number of nitrogens with two attached hydrogens (primary N) is 1. The molecule has 1 aromatic heterocycles. The molecule has 0 atom stereocenters. The minimum absolute atomic E-state index is 0.807. The molecule has 0 radical (unpaired) electrons. The lowest BCUT2D eigenvalue weighted by Crippen LogP contribution is -2.21. The van der Waals surface area contributed by atoms with Crippen LogP contribution in [-0.2, 0) is 6.42 Å². The Balaban J connectivity index is 1.77. The van der Waals surface area contributed by atoms with Gasteiger partial charge in [-0.15, -0.1) is 0 Å². The second-order valence-electron chi connectivity index (χ2n) is 4.82. The first-order chi connectivity index (χ1) is 8.33. The molecule has 0 spiro atoms. The summed E-state index contributed by atoms with van der Waals surface area (Å²) in [5.74, 6) is 0. The van der Waals surface area contributed by atoms with Crippen LogP contribution in [0.2, 0.25) is 0 Å². The van der Waals surface area contributed by atoms with Crippen LogP contribution in [0.1, 0.15) is 18.4 Å². The van der Waals surface area contributed by atoms with Gasteiger partial charge in [0.2, 0.25) is 0 Å². The van der Waals surface area contributed by atoms with E-state index < -0.39 is 0 Å². The van der Waals surface area contributed by atoms with Crippen molar-refractivity contribution < 1.29 is 4.42 Å². The van der Waals surface area contributed by atoms with Crippen molar-refractivity contribution in [1.82, 2.24) is 4.90 Å². The van der Waals surface area contributed by atoms with E-state index in [4.69, 9.17) is 10.2 Å². The summed E-state index contributed by atoms with van der Waals surface area (Å²) in [6.45, 7) is 3.62. The Morgan fingerprint density at radius 2 is 2.06 bits per heavy atom. The lowest BCUT2D eigenvalue weighted by Gasteiger charge is -2.13. The van der Waals surface area contributed by atoms with E-state index in [0.717, 1.165) is 24.2 Å². The number of anilines is 1. The molecule has 1 saturated heterocycles. The molecular weight excluding hydrogens is 212 g/mol. The number of benzene rings is 1. The Bertz CT molecular complexity index is 512. The van der Waals surface area contributed by atoms with Crippen molar-refractivity contribution in [3.63, 3.8) is 0 Å². The van der Waals surface area contributed by atoms with Gasteiger partial charge in [0.1, 0.15) is 5.58 Å². The zero-order valence-corrected chi connectivity index (χ0v) is 9.98. The zero-order valence-electron chi connectivity index (χ0n) is 9.98. The SMILES string of the molecule is Nc1ccc2occ(CCN3CCCC3)c2c1. The molecule has 3 rings (SSSR count). The molecule has 17 heavy (non-hydrogen) atoms. The fourth-order valence-electron chi connectivity index (χ4n) is 2.58. The summed E-state index contributed by atoms with van der Waals surface area (Å²) < 4.78 is 5.55. The summed E-state index contributed by atoms with van der Waals surface area (Å²) in [5, 5.41) is 1.17. The van der Waals surface area contributed by atoms with Crippen LogP contribution in [-0.4, -0.2) is 24.5 Å². The average Bonchev–Trinajstić information content (AvgIpc) is 2.94. The molecule has 3 heteroatoms. The lowest BCUT2D eigenvalue weighted by atomic mass is 10.1. The van der Waals surface area contributed by atoms with Crippen molar-refractivity contribution >= 4 is 16.7 Å². The molecule has 0 amide bonds. The molecule has 2 heterocycles. The van der Waals surface area contributed by atoms with Crippen molar-refractivity contribution in [2.75, 3.05) is 25.4 Å². The van der Waals surface area contributed by atoms with Crippen LogP contribution in [0.4, 0.5) is 5.69 Å². The van der Waals surface area contributed by atoms with Crippen molar-refractivity contribution in [1.29, 1.82) is 0 Å². The zero-order chi connectivity index (χ0) is 11.7. The van der Waals surface area contributed by atoms with Crippen LogP contribution in [0.5, 0.6) is 0 Å². The highest BCUT2D eigenvalue weighted by atomic mass is 16.3. The maximum Gasteiger partial charge on any atom is 0.134 e. The molecular formula is C14H18N2O. The number of hydrogen-bond donors (Lipinski definition) is 1. The summed E-state index contributed by atoms with van der Waals surface area (Å²) in [6, 6.07) is 5.85. The highest BCUT2D eigenvalue weighted by molar-refractivity contribution is 5.84. The molecule has 0 aliphatic carbocycles. The molecule has 1 fully saturated rings. The second-order valence-corrected chi connectivity index (χ2v) is 4.82. The van der Waals surface area contributed by atoms with Gasteiger partial charge in [-0.2, -0.15) is 0 Å². The molecule has 3 nitrogen and oxygen atoms in total. The third-order valence-electron chi connectivity index (χ3n) is 3.57. The van der Waals surface area contributed by atoms with Gasteiger partial charge in [-0.25, -0.2) is 0 Å². The van der Waals surface area contributed by atoms with Gasteiger partial charge in [-0.1, -0.05) is 0 Å². The van der Waals surface area contributed by atoms with E-state index in [9.17, 15) is 0 Å². The monoisotopic (exact) mass is 230 g/mol. The third kappa shape index (κ3) is 2.15. The summed E-state index contributed by atoms with van der Waals surface area (Å²) >= 11 is 0. The molecule has 1 aliphatic heterocycles. The average molecular weight is 230 g/mol. The topological polar surface area (TPSA) is 42.4 Å². The summed E-state index contributed by atoms with van der Waals surface area (Å²) in [5.41, 5.74) is 8.84. The largest absolute Gasteiger partial charge is 0.464 e. The maximum atomic E-state index is 5.82. The molecule has 2 N–H and O–H groups in total. The minimum atomic E-state index is 0.807. The lowest BCUT2D eigenvalue weighted by molar-refractivity contribution is 0.343. The molecule has 1 aromatic carbocycles. The van der Waals surface area contributed by atoms with E-state index in [1.165, 1.54) is 36.9 Å². The Kier molecular flexibility index (Phi) is 2.77. The molecule has 0 saturated carbocycles. The predicted molar refractivity (Wildman–Crippen MR) is 70.0 cm³/mol. The van der Waals surface area contributed by atoms with Gasteiger partial charge in [0.15, 0.2) is 0 Å². The van der Waals surface area contributed by atoms with E-state index in [-0.39, 0.29) is 0 Å². The van der Waals surface area contributed by atoms with E-state index >= 15 is 0 Å². The van der Waals surface area contributed by atoms with Crippen LogP contribution < -0.4 is 5.73 Å². The molecule has 1 aliphatic rings. The number of furan rings is 1. The second kappa shape index (κ2) is 4.41. The Hall–Kier alpha value is -1.48. The van der Waals surface area contributed by atoms with Crippen molar-refractivity contribution in [3.05, 3.63) is 30.0 Å². The smallest absolute Gasteiger partial charge is 0.134 e. The Labute approximate surface area is 101 Å². The van der Waals surface area contributed by atoms with Gasteiger partial charge in [-0.3, -0.25) is 0 Å². The van der Waals surface area contributed by atoms with Crippen molar-refractivity contribution in [2.45, 2.75) is 19.3 Å². The van der Waals surface area contributed by atoms with E-state index in [0.29, 0.717) is 0 Å². The maximum absolute atomic E-state index is 5.82. The molecule has 90 valence electrons. The van der Waals surface area contributed by atoms with E-state index in [2.05, 4.69) is 4.90 Å². The normalized spacial score (nSPS) is 16.9. The fraction of sp³-hybridized carbons (Fsp3) is 0.429. The number of nitrogen functional groups attached to an aromatic ring is 1. The van der Waals surface area contributed by atoms with Crippen molar-refractivity contribution in [3.8, 4) is 0 Å². The summed E-state index contributed by atoms with van der Waals surface area (Å²) in [7, 11) is 0. The quantitative estimate of drug-likeness (QED) is 0.824. The highest BCUT2D eigenvalue weighted by Crippen LogP contribution is 2.24. The van der Waals surface area contributed by atoms with E-state index in [1.54, 1.807) is 0 Å². The van der Waals surface area contributed by atoms with Crippen molar-refractivity contribution in [2.24, 2.45) is 0 Å². The number of nitrogens with zero attached hydrogens (tertiary/aromatic N) is 1. The van der Waals surface area contributed by atoms with Crippen LogP contribution in [0.3, 0.4) is 0 Å². The summed E-state index contributed by atoms with van der Waals surface area (Å²) in [6.07, 6.45) is 5.62. The number of rotatable bonds is 3. The van der Waals surface area contributed by atoms with Crippen LogP contribution in [0.25, 0.3) is 11.0 Å². The van der Waals surface area contributed by atoms with Gasteiger partial charge in [0.25, 0.3) is 0 Å². The van der Waals surface area contributed by atoms with Gasteiger partial charge < -0.3 is 15.1 Å². The first-order valence-corrected chi connectivity index (χ1v) is 6.31. The van der Waals surface area contributed by atoms with E-state index in [1.807, 2.05) is 24.5 Å². The van der Waals surface area contributed by atoms with Crippen LogP contribution in [0.15, 0.2) is 28.9 Å². The molecule has 0 bridgehead atoms. The Morgan fingerprint density at radius 3 is 2.88 bits per heavy atom. The van der Waals surface area contributed by atoms with Gasteiger partial charge >= 0.3 is 0 Å². The molecule has 0 unspecified atom stereocenters. The highest BCUT2D eigenvalue weighted by Gasteiger charge is 2.12.